The molecule has 0 amide bonds. The third-order valence-electron chi connectivity index (χ3n) is 2.99. The molecule has 0 unspecified atom stereocenters. The van der Waals surface area contributed by atoms with Crippen LogP contribution in [0.25, 0.3) is 0 Å². The van der Waals surface area contributed by atoms with E-state index in [1.165, 1.54) is 6.42 Å². The molecule has 0 aliphatic heterocycles. The average Bonchev–Trinajstić information content (AvgIpc) is 1.99. The number of carbonyl (C=O) groups excluding carboxylic acids is 1. The molecule has 2 atom stereocenters. The molecule has 0 heterocycles. The summed E-state index contributed by atoms with van der Waals surface area (Å²) in [7, 11) is 0. The zero-order valence-corrected chi connectivity index (χ0v) is 8.10. The van der Waals surface area contributed by atoms with Crippen LogP contribution in [0.1, 0.15) is 39.5 Å². The number of rotatable bonds is 2. The van der Waals surface area contributed by atoms with Gasteiger partial charge in [-0.15, -0.1) is 6.58 Å². The maximum atomic E-state index is 11.7. The third kappa shape index (κ3) is 1.77. The maximum absolute atomic E-state index is 11.7. The molecule has 0 radical (unpaired) electrons. The molecule has 1 fully saturated rings. The summed E-state index contributed by atoms with van der Waals surface area (Å²) in [6.45, 7) is 7.93. The zero-order chi connectivity index (χ0) is 9.19. The minimum atomic E-state index is -0.0890. The highest BCUT2D eigenvalue weighted by molar-refractivity contribution is 5.85. The van der Waals surface area contributed by atoms with Crippen molar-refractivity contribution in [3.8, 4) is 0 Å². The minimum absolute atomic E-state index is 0.0890. The van der Waals surface area contributed by atoms with E-state index in [0.29, 0.717) is 11.7 Å². The van der Waals surface area contributed by atoms with Gasteiger partial charge in [0, 0.05) is 11.8 Å². The predicted molar refractivity (Wildman–Crippen MR) is 50.9 cm³/mol. The average molecular weight is 166 g/mol. The lowest BCUT2D eigenvalue weighted by molar-refractivity contribution is -0.131. The SMILES string of the molecule is C=CC[C@]1(C)CC[C@@H](C)CC1=O. The molecule has 0 saturated heterocycles. The number of carbonyl (C=O) groups is 1. The Bertz CT molecular complexity index is 195. The predicted octanol–water partition coefficient (Wildman–Crippen LogP) is 2.96. The van der Waals surface area contributed by atoms with Crippen LogP contribution in [-0.2, 0) is 4.79 Å². The highest BCUT2D eigenvalue weighted by atomic mass is 16.1. The second-order valence-electron chi connectivity index (χ2n) is 4.32. The summed E-state index contributed by atoms with van der Waals surface area (Å²) in [6.07, 6.45) is 5.71. The molecular weight excluding hydrogens is 148 g/mol. The molecule has 1 saturated carbocycles. The van der Waals surface area contributed by atoms with Crippen molar-refractivity contribution in [2.75, 3.05) is 0 Å². The Hall–Kier alpha value is -0.590. The smallest absolute Gasteiger partial charge is 0.139 e. The van der Waals surface area contributed by atoms with Gasteiger partial charge < -0.3 is 0 Å². The first-order valence-electron chi connectivity index (χ1n) is 4.73. The topological polar surface area (TPSA) is 17.1 Å². The van der Waals surface area contributed by atoms with Crippen molar-refractivity contribution in [1.29, 1.82) is 0 Å². The number of allylic oxidation sites excluding steroid dienone is 1. The highest BCUT2D eigenvalue weighted by Gasteiger charge is 2.35. The van der Waals surface area contributed by atoms with E-state index in [0.717, 1.165) is 19.3 Å². The molecular formula is C11H18O. The van der Waals surface area contributed by atoms with Crippen molar-refractivity contribution >= 4 is 5.78 Å². The lowest BCUT2D eigenvalue weighted by atomic mass is 9.69. The van der Waals surface area contributed by atoms with Crippen LogP contribution in [0.3, 0.4) is 0 Å². The summed E-state index contributed by atoms with van der Waals surface area (Å²) in [5.41, 5.74) is -0.0890. The molecule has 0 bridgehead atoms. The molecule has 1 nitrogen and oxygen atoms in total. The molecule has 0 aromatic rings. The molecule has 0 spiro atoms. The third-order valence-corrected chi connectivity index (χ3v) is 2.99. The van der Waals surface area contributed by atoms with E-state index < -0.39 is 0 Å². The van der Waals surface area contributed by atoms with Gasteiger partial charge in [0.25, 0.3) is 0 Å². The van der Waals surface area contributed by atoms with Crippen molar-refractivity contribution in [3.05, 3.63) is 12.7 Å². The van der Waals surface area contributed by atoms with Gasteiger partial charge in [-0.3, -0.25) is 4.79 Å². The lowest BCUT2D eigenvalue weighted by Crippen LogP contribution is -2.33. The number of hydrogen-bond donors (Lipinski definition) is 0. The Balaban J connectivity index is 2.65. The molecule has 1 aliphatic rings. The first-order chi connectivity index (χ1) is 5.58. The van der Waals surface area contributed by atoms with E-state index in [1.54, 1.807) is 0 Å². The van der Waals surface area contributed by atoms with Gasteiger partial charge in [0.05, 0.1) is 0 Å². The van der Waals surface area contributed by atoms with Gasteiger partial charge in [0.15, 0.2) is 0 Å². The van der Waals surface area contributed by atoms with Gasteiger partial charge in [-0.25, -0.2) is 0 Å². The maximum Gasteiger partial charge on any atom is 0.139 e. The van der Waals surface area contributed by atoms with Crippen LogP contribution in [0.4, 0.5) is 0 Å². The van der Waals surface area contributed by atoms with E-state index in [1.807, 2.05) is 6.08 Å². The van der Waals surface area contributed by atoms with E-state index in [-0.39, 0.29) is 5.41 Å². The normalized spacial score (nSPS) is 36.5. The van der Waals surface area contributed by atoms with Gasteiger partial charge in [-0.05, 0) is 25.2 Å². The summed E-state index contributed by atoms with van der Waals surface area (Å²) in [6, 6.07) is 0. The van der Waals surface area contributed by atoms with Crippen molar-refractivity contribution in [3.63, 3.8) is 0 Å². The summed E-state index contributed by atoms with van der Waals surface area (Å²) >= 11 is 0. The highest BCUT2D eigenvalue weighted by Crippen LogP contribution is 2.38. The van der Waals surface area contributed by atoms with E-state index in [2.05, 4.69) is 20.4 Å². The fraction of sp³-hybridized carbons (Fsp3) is 0.727. The van der Waals surface area contributed by atoms with Gasteiger partial charge in [-0.1, -0.05) is 19.9 Å². The quantitative estimate of drug-likeness (QED) is 0.576. The molecule has 0 N–H and O–H groups in total. The van der Waals surface area contributed by atoms with Crippen LogP contribution < -0.4 is 0 Å². The standard InChI is InChI=1S/C11H18O/c1-4-6-11(3)7-5-9(2)8-10(11)12/h4,9H,1,5-8H2,2-3H3/t9-,11-/m1/s1. The number of Topliss-reactive ketones (excluding diaryl/α,β-unsaturated/α-hetero) is 1. The fourth-order valence-electron chi connectivity index (χ4n) is 1.90. The number of hydrogen-bond acceptors (Lipinski definition) is 1. The summed E-state index contributed by atoms with van der Waals surface area (Å²) in [5.74, 6) is 1.02. The van der Waals surface area contributed by atoms with Crippen LogP contribution in [0.15, 0.2) is 12.7 Å². The molecule has 0 aromatic carbocycles. The van der Waals surface area contributed by atoms with Crippen LogP contribution in [0.5, 0.6) is 0 Å². The van der Waals surface area contributed by atoms with Gasteiger partial charge in [-0.2, -0.15) is 0 Å². The molecule has 1 heteroatoms. The second-order valence-corrected chi connectivity index (χ2v) is 4.32. The second kappa shape index (κ2) is 3.42. The first kappa shape index (κ1) is 9.50. The van der Waals surface area contributed by atoms with Crippen LogP contribution in [0.2, 0.25) is 0 Å². The molecule has 1 aliphatic carbocycles. The lowest BCUT2D eigenvalue weighted by Gasteiger charge is -2.33. The Morgan fingerprint density at radius 1 is 1.75 bits per heavy atom. The van der Waals surface area contributed by atoms with Crippen molar-refractivity contribution < 1.29 is 4.79 Å². The molecule has 1 rings (SSSR count). The summed E-state index contributed by atoms with van der Waals surface area (Å²) in [4.78, 5) is 11.7. The Kier molecular flexibility index (Phi) is 2.71. The Labute approximate surface area is 74.9 Å². The monoisotopic (exact) mass is 166 g/mol. The van der Waals surface area contributed by atoms with Gasteiger partial charge in [0.2, 0.25) is 0 Å². The van der Waals surface area contributed by atoms with Crippen LogP contribution in [0, 0.1) is 11.3 Å². The Morgan fingerprint density at radius 3 is 2.92 bits per heavy atom. The van der Waals surface area contributed by atoms with Crippen LogP contribution >= 0.6 is 0 Å². The minimum Gasteiger partial charge on any atom is -0.299 e. The Morgan fingerprint density at radius 2 is 2.42 bits per heavy atom. The van der Waals surface area contributed by atoms with Crippen molar-refractivity contribution in [1.82, 2.24) is 0 Å². The van der Waals surface area contributed by atoms with Crippen molar-refractivity contribution in [2.24, 2.45) is 11.3 Å². The summed E-state index contributed by atoms with van der Waals surface area (Å²) in [5, 5.41) is 0. The largest absolute Gasteiger partial charge is 0.299 e. The summed E-state index contributed by atoms with van der Waals surface area (Å²) < 4.78 is 0. The van der Waals surface area contributed by atoms with Gasteiger partial charge >= 0.3 is 0 Å². The van der Waals surface area contributed by atoms with E-state index in [4.69, 9.17) is 0 Å². The van der Waals surface area contributed by atoms with Crippen LogP contribution in [-0.4, -0.2) is 5.78 Å². The van der Waals surface area contributed by atoms with Gasteiger partial charge in [0.1, 0.15) is 5.78 Å². The first-order valence-corrected chi connectivity index (χ1v) is 4.73. The van der Waals surface area contributed by atoms with E-state index >= 15 is 0 Å². The molecule has 12 heavy (non-hydrogen) atoms. The molecule has 68 valence electrons. The zero-order valence-electron chi connectivity index (χ0n) is 8.10. The van der Waals surface area contributed by atoms with E-state index in [9.17, 15) is 4.79 Å². The number of ketones is 1. The molecule has 0 aromatic heterocycles. The van der Waals surface area contributed by atoms with Crippen molar-refractivity contribution in [2.45, 2.75) is 39.5 Å². The fourth-order valence-corrected chi connectivity index (χ4v) is 1.90.